The second-order valence-corrected chi connectivity index (χ2v) is 5.15. The average Bonchev–Trinajstić information content (AvgIpc) is 2.85. The molecule has 0 fully saturated rings. The Bertz CT molecular complexity index is 470. The minimum atomic E-state index is -0.102. The Labute approximate surface area is 99.4 Å². The van der Waals surface area contributed by atoms with Gasteiger partial charge in [-0.25, -0.2) is 0 Å². The van der Waals surface area contributed by atoms with Gasteiger partial charge in [-0.15, -0.1) is 0 Å². The van der Waals surface area contributed by atoms with Gasteiger partial charge < -0.3 is 9.05 Å². The van der Waals surface area contributed by atoms with Crippen LogP contribution in [0.5, 0.6) is 0 Å². The lowest BCUT2D eigenvalue weighted by Gasteiger charge is -2.10. The van der Waals surface area contributed by atoms with E-state index in [4.69, 9.17) is 9.05 Å². The standard InChI is InChI=1S/C11H16N4O2/c1-7(9-12-6-13-17-9)5-8-14-10(15-16-8)11(2,3)4/h6-7H,5H2,1-4H3. The largest absolute Gasteiger partial charge is 0.339 e. The molecule has 6 nitrogen and oxygen atoms in total. The maximum atomic E-state index is 5.21. The lowest BCUT2D eigenvalue weighted by atomic mass is 9.96. The third-order valence-electron chi connectivity index (χ3n) is 2.42. The van der Waals surface area contributed by atoms with Gasteiger partial charge >= 0.3 is 0 Å². The van der Waals surface area contributed by atoms with Gasteiger partial charge in [-0.1, -0.05) is 38.0 Å². The average molecular weight is 236 g/mol. The van der Waals surface area contributed by atoms with Crippen molar-refractivity contribution in [3.63, 3.8) is 0 Å². The molecule has 92 valence electrons. The third kappa shape index (κ3) is 2.69. The lowest BCUT2D eigenvalue weighted by molar-refractivity contribution is 0.329. The van der Waals surface area contributed by atoms with Crippen molar-refractivity contribution in [1.29, 1.82) is 0 Å². The Morgan fingerprint density at radius 2 is 2.06 bits per heavy atom. The van der Waals surface area contributed by atoms with Crippen molar-refractivity contribution in [3.8, 4) is 0 Å². The van der Waals surface area contributed by atoms with E-state index in [1.54, 1.807) is 0 Å². The molecule has 0 radical (unpaired) electrons. The summed E-state index contributed by atoms with van der Waals surface area (Å²) >= 11 is 0. The molecule has 6 heteroatoms. The zero-order chi connectivity index (χ0) is 12.5. The minimum absolute atomic E-state index is 0.0748. The highest BCUT2D eigenvalue weighted by Gasteiger charge is 2.22. The fourth-order valence-corrected chi connectivity index (χ4v) is 1.39. The monoisotopic (exact) mass is 236 g/mol. The first-order valence-corrected chi connectivity index (χ1v) is 5.56. The van der Waals surface area contributed by atoms with Crippen LogP contribution in [0.2, 0.25) is 0 Å². The van der Waals surface area contributed by atoms with E-state index in [0.717, 1.165) is 0 Å². The van der Waals surface area contributed by atoms with E-state index < -0.39 is 0 Å². The molecule has 17 heavy (non-hydrogen) atoms. The highest BCUT2D eigenvalue weighted by molar-refractivity contribution is 5.01. The molecule has 0 amide bonds. The molecule has 0 saturated carbocycles. The van der Waals surface area contributed by atoms with Crippen molar-refractivity contribution in [1.82, 2.24) is 20.3 Å². The smallest absolute Gasteiger partial charge is 0.229 e. The summed E-state index contributed by atoms with van der Waals surface area (Å²) < 4.78 is 10.2. The Kier molecular flexibility index (Phi) is 2.95. The topological polar surface area (TPSA) is 77.8 Å². The summed E-state index contributed by atoms with van der Waals surface area (Å²) in [5.74, 6) is 1.97. The molecule has 1 unspecified atom stereocenters. The fraction of sp³-hybridized carbons (Fsp3) is 0.636. The molecule has 0 N–H and O–H groups in total. The number of hydrogen-bond acceptors (Lipinski definition) is 6. The van der Waals surface area contributed by atoms with Gasteiger partial charge in [-0.3, -0.25) is 0 Å². The van der Waals surface area contributed by atoms with Crippen molar-refractivity contribution < 1.29 is 9.05 Å². The zero-order valence-electron chi connectivity index (χ0n) is 10.5. The first-order valence-electron chi connectivity index (χ1n) is 5.56. The Morgan fingerprint density at radius 1 is 1.29 bits per heavy atom. The van der Waals surface area contributed by atoms with Gasteiger partial charge in [0, 0.05) is 17.8 Å². The molecule has 0 bridgehead atoms. The fourth-order valence-electron chi connectivity index (χ4n) is 1.39. The lowest BCUT2D eigenvalue weighted by Crippen LogP contribution is -2.13. The Hall–Kier alpha value is -1.72. The highest BCUT2D eigenvalue weighted by atomic mass is 16.5. The van der Waals surface area contributed by atoms with E-state index in [1.165, 1.54) is 6.33 Å². The summed E-state index contributed by atoms with van der Waals surface area (Å²) in [6.45, 7) is 8.11. The van der Waals surface area contributed by atoms with Crippen LogP contribution in [0.1, 0.15) is 51.2 Å². The first-order chi connectivity index (χ1) is 7.97. The van der Waals surface area contributed by atoms with Gasteiger partial charge in [0.2, 0.25) is 11.8 Å². The molecule has 0 spiro atoms. The van der Waals surface area contributed by atoms with Crippen LogP contribution in [0.15, 0.2) is 15.4 Å². The molecule has 0 aliphatic rings. The van der Waals surface area contributed by atoms with Crippen molar-refractivity contribution in [2.75, 3.05) is 0 Å². The second kappa shape index (κ2) is 4.27. The van der Waals surface area contributed by atoms with E-state index in [9.17, 15) is 0 Å². The van der Waals surface area contributed by atoms with Crippen LogP contribution in [0, 0.1) is 0 Å². The van der Waals surface area contributed by atoms with E-state index in [1.807, 2.05) is 27.7 Å². The maximum absolute atomic E-state index is 5.21. The molecular weight excluding hydrogens is 220 g/mol. The summed E-state index contributed by atoms with van der Waals surface area (Å²) in [4.78, 5) is 8.36. The molecule has 2 heterocycles. The normalized spacial score (nSPS) is 13.9. The summed E-state index contributed by atoms with van der Waals surface area (Å²) in [6, 6.07) is 0. The van der Waals surface area contributed by atoms with E-state index >= 15 is 0 Å². The second-order valence-electron chi connectivity index (χ2n) is 5.15. The summed E-state index contributed by atoms with van der Waals surface area (Å²) in [7, 11) is 0. The first kappa shape index (κ1) is 11.8. The molecule has 0 aliphatic heterocycles. The highest BCUT2D eigenvalue weighted by Crippen LogP contribution is 2.21. The van der Waals surface area contributed by atoms with Gasteiger partial charge in [0.1, 0.15) is 0 Å². The van der Waals surface area contributed by atoms with E-state index in [-0.39, 0.29) is 11.3 Å². The van der Waals surface area contributed by atoms with E-state index in [0.29, 0.717) is 24.0 Å². The SMILES string of the molecule is CC(Cc1nc(C(C)(C)C)no1)c1ncno1. The van der Waals surface area contributed by atoms with Gasteiger partial charge in [0.15, 0.2) is 12.2 Å². The van der Waals surface area contributed by atoms with Crippen LogP contribution < -0.4 is 0 Å². The number of hydrogen-bond donors (Lipinski definition) is 0. The number of aromatic nitrogens is 4. The van der Waals surface area contributed by atoms with Gasteiger partial charge in [-0.2, -0.15) is 9.97 Å². The van der Waals surface area contributed by atoms with E-state index in [2.05, 4.69) is 20.3 Å². The van der Waals surface area contributed by atoms with Crippen LogP contribution in [-0.2, 0) is 11.8 Å². The predicted octanol–water partition coefficient (Wildman–Crippen LogP) is 2.10. The number of nitrogens with zero attached hydrogens (tertiary/aromatic N) is 4. The van der Waals surface area contributed by atoms with Crippen LogP contribution >= 0.6 is 0 Å². The van der Waals surface area contributed by atoms with Crippen molar-refractivity contribution in [3.05, 3.63) is 23.9 Å². The van der Waals surface area contributed by atoms with Crippen molar-refractivity contribution in [2.24, 2.45) is 0 Å². The molecule has 0 aromatic carbocycles. The summed E-state index contributed by atoms with van der Waals surface area (Å²) in [5.41, 5.74) is -0.102. The molecule has 2 aromatic rings. The Balaban J connectivity index is 2.07. The third-order valence-corrected chi connectivity index (χ3v) is 2.42. The van der Waals surface area contributed by atoms with Crippen molar-refractivity contribution in [2.45, 2.75) is 45.4 Å². The summed E-state index contributed by atoms with van der Waals surface area (Å²) in [6.07, 6.45) is 1.99. The van der Waals surface area contributed by atoms with Crippen LogP contribution in [0.4, 0.5) is 0 Å². The molecule has 0 saturated heterocycles. The van der Waals surface area contributed by atoms with Crippen molar-refractivity contribution >= 4 is 0 Å². The zero-order valence-corrected chi connectivity index (χ0v) is 10.5. The van der Waals surface area contributed by atoms with Gasteiger partial charge in [-0.05, 0) is 0 Å². The maximum Gasteiger partial charge on any atom is 0.229 e. The minimum Gasteiger partial charge on any atom is -0.339 e. The molecule has 2 rings (SSSR count). The molecule has 2 aromatic heterocycles. The van der Waals surface area contributed by atoms with Crippen LogP contribution in [0.25, 0.3) is 0 Å². The predicted molar refractivity (Wildman–Crippen MR) is 59.4 cm³/mol. The quantitative estimate of drug-likeness (QED) is 0.812. The molecular formula is C11H16N4O2. The van der Waals surface area contributed by atoms with Gasteiger partial charge in [0.05, 0.1) is 0 Å². The Morgan fingerprint density at radius 3 is 2.59 bits per heavy atom. The molecule has 1 atom stereocenters. The van der Waals surface area contributed by atoms with Crippen LogP contribution in [-0.4, -0.2) is 20.3 Å². The summed E-state index contributed by atoms with van der Waals surface area (Å²) in [5, 5.41) is 7.55. The molecule has 0 aliphatic carbocycles. The van der Waals surface area contributed by atoms with Gasteiger partial charge in [0.25, 0.3) is 0 Å². The number of rotatable bonds is 3. The van der Waals surface area contributed by atoms with Crippen LogP contribution in [0.3, 0.4) is 0 Å².